The molecule has 31 heavy (non-hydrogen) atoms. The first kappa shape index (κ1) is 26.1. The number of aliphatic carboxylic acids is 2. The Hall–Kier alpha value is -2.98. The molecule has 10 nitrogen and oxygen atoms in total. The molecule has 10 heteroatoms. The molecule has 1 aromatic rings. The fourth-order valence-corrected chi connectivity index (χ4v) is 2.73. The fraction of sp³-hybridized carbons (Fsp3) is 0.476. The van der Waals surface area contributed by atoms with Gasteiger partial charge in [-0.2, -0.15) is 5.48 Å². The maximum Gasteiger partial charge on any atom is 0.341 e. The number of carboxylic acids is 2. The molecule has 1 radical (unpaired) electrons. The summed E-state index contributed by atoms with van der Waals surface area (Å²) < 4.78 is 10.4. The van der Waals surface area contributed by atoms with Crippen LogP contribution in [0.3, 0.4) is 0 Å². The standard InChI is InChI=1S/C21H28NO9/c1-14(2)10-21(11-19(26)27,31-22-16(12-23)6-9-18(24)25)20(28)30-13-15-4-7-17(29-3)8-5-15/h4-5,7-8,11-12,14,16,22H,6,9-10,13H2,1-3H3,(H,24,25)(H,26,27)/t16-,21?/m1/s1. The van der Waals surface area contributed by atoms with Crippen molar-refractivity contribution in [2.75, 3.05) is 7.11 Å². The minimum absolute atomic E-state index is 0.0573. The van der Waals surface area contributed by atoms with Gasteiger partial charge in [-0.25, -0.2) is 4.79 Å². The van der Waals surface area contributed by atoms with Crippen molar-refractivity contribution in [2.24, 2.45) is 5.92 Å². The summed E-state index contributed by atoms with van der Waals surface area (Å²) in [6.45, 7) is 3.37. The number of methoxy groups -OCH3 is 1. The molecule has 0 amide bonds. The van der Waals surface area contributed by atoms with Gasteiger partial charge in [0.2, 0.25) is 5.60 Å². The smallest absolute Gasteiger partial charge is 0.341 e. The van der Waals surface area contributed by atoms with Gasteiger partial charge in [0, 0.05) is 6.42 Å². The maximum absolute atomic E-state index is 12.9. The third-order valence-corrected chi connectivity index (χ3v) is 4.17. The summed E-state index contributed by atoms with van der Waals surface area (Å²) in [4.78, 5) is 51.7. The van der Waals surface area contributed by atoms with Gasteiger partial charge in [0.25, 0.3) is 0 Å². The molecule has 0 saturated carbocycles. The fourth-order valence-electron chi connectivity index (χ4n) is 2.73. The van der Waals surface area contributed by atoms with E-state index in [9.17, 15) is 24.3 Å². The minimum Gasteiger partial charge on any atom is -0.497 e. The number of hydrogen-bond donors (Lipinski definition) is 3. The highest BCUT2D eigenvalue weighted by Gasteiger charge is 2.46. The van der Waals surface area contributed by atoms with E-state index in [0.717, 1.165) is 0 Å². The average Bonchev–Trinajstić information content (AvgIpc) is 2.71. The van der Waals surface area contributed by atoms with E-state index < -0.39 is 29.6 Å². The lowest BCUT2D eigenvalue weighted by Crippen LogP contribution is -2.51. The number of carbonyl (C=O) groups is 4. The van der Waals surface area contributed by atoms with Crippen molar-refractivity contribution >= 4 is 24.2 Å². The van der Waals surface area contributed by atoms with E-state index in [2.05, 4.69) is 5.48 Å². The van der Waals surface area contributed by atoms with Crippen molar-refractivity contribution in [3.63, 3.8) is 0 Å². The zero-order chi connectivity index (χ0) is 23.4. The summed E-state index contributed by atoms with van der Waals surface area (Å²) >= 11 is 0. The number of carboxylic acid groups (broad SMARTS) is 2. The van der Waals surface area contributed by atoms with Crippen LogP contribution in [0.2, 0.25) is 0 Å². The molecule has 0 aliphatic heterocycles. The van der Waals surface area contributed by atoms with Crippen LogP contribution in [-0.2, 0) is 35.4 Å². The van der Waals surface area contributed by atoms with Crippen LogP contribution in [0.5, 0.6) is 5.75 Å². The van der Waals surface area contributed by atoms with E-state index in [0.29, 0.717) is 24.0 Å². The minimum atomic E-state index is -2.03. The molecule has 0 aliphatic carbocycles. The van der Waals surface area contributed by atoms with Gasteiger partial charge in [-0.05, 0) is 36.5 Å². The number of hydrogen-bond acceptors (Lipinski definition) is 8. The summed E-state index contributed by atoms with van der Waals surface area (Å²) in [7, 11) is 1.52. The molecule has 0 heterocycles. The second-order valence-electron chi connectivity index (χ2n) is 7.29. The largest absolute Gasteiger partial charge is 0.497 e. The van der Waals surface area contributed by atoms with Gasteiger partial charge in [-0.15, -0.1) is 0 Å². The lowest BCUT2D eigenvalue weighted by Gasteiger charge is -2.32. The summed E-state index contributed by atoms with van der Waals surface area (Å²) in [5.41, 5.74) is 0.938. The zero-order valence-corrected chi connectivity index (χ0v) is 17.7. The van der Waals surface area contributed by atoms with Crippen molar-refractivity contribution in [3.8, 4) is 5.75 Å². The van der Waals surface area contributed by atoms with E-state index in [1.165, 1.54) is 7.11 Å². The van der Waals surface area contributed by atoms with Gasteiger partial charge >= 0.3 is 17.9 Å². The molecule has 2 atom stereocenters. The van der Waals surface area contributed by atoms with Crippen LogP contribution in [0.1, 0.15) is 38.7 Å². The van der Waals surface area contributed by atoms with E-state index in [1.807, 2.05) is 0 Å². The third kappa shape index (κ3) is 9.14. The van der Waals surface area contributed by atoms with Crippen LogP contribution in [0.25, 0.3) is 0 Å². The normalized spacial score (nSPS) is 13.8. The predicted molar refractivity (Wildman–Crippen MR) is 108 cm³/mol. The van der Waals surface area contributed by atoms with Crippen LogP contribution < -0.4 is 10.2 Å². The Balaban J connectivity index is 2.99. The van der Waals surface area contributed by atoms with E-state index in [1.54, 1.807) is 38.1 Å². The Morgan fingerprint density at radius 3 is 2.29 bits per heavy atom. The Labute approximate surface area is 180 Å². The van der Waals surface area contributed by atoms with Gasteiger partial charge in [-0.1, -0.05) is 26.0 Å². The van der Waals surface area contributed by atoms with Gasteiger partial charge < -0.3 is 24.5 Å². The summed E-state index contributed by atoms with van der Waals surface area (Å²) in [6, 6.07) is 5.68. The molecule has 0 aromatic heterocycles. The second-order valence-corrected chi connectivity index (χ2v) is 7.29. The summed E-state index contributed by atoms with van der Waals surface area (Å²) in [6.07, 6.45) is 0.603. The van der Waals surface area contributed by atoms with Crippen LogP contribution in [-0.4, -0.2) is 53.2 Å². The highest BCUT2D eigenvalue weighted by Crippen LogP contribution is 2.27. The number of ether oxygens (including phenoxy) is 2. The molecular formula is C21H28NO9. The van der Waals surface area contributed by atoms with Crippen molar-refractivity contribution in [1.29, 1.82) is 0 Å². The van der Waals surface area contributed by atoms with Crippen LogP contribution >= 0.6 is 0 Å². The van der Waals surface area contributed by atoms with Crippen LogP contribution in [0.4, 0.5) is 0 Å². The Morgan fingerprint density at radius 2 is 1.81 bits per heavy atom. The summed E-state index contributed by atoms with van der Waals surface area (Å²) in [5.74, 6) is -3.05. The molecule has 171 valence electrons. The average molecular weight is 438 g/mol. The number of carbonyl (C=O) groups excluding carboxylic acids is 2. The zero-order valence-electron chi connectivity index (χ0n) is 17.7. The molecule has 0 aliphatic rings. The van der Waals surface area contributed by atoms with Crippen LogP contribution in [0.15, 0.2) is 24.3 Å². The topological polar surface area (TPSA) is 148 Å². The molecule has 0 bridgehead atoms. The first-order valence-corrected chi connectivity index (χ1v) is 9.61. The van der Waals surface area contributed by atoms with Crippen molar-refractivity contribution < 1.29 is 43.7 Å². The number of rotatable bonds is 15. The van der Waals surface area contributed by atoms with Crippen molar-refractivity contribution in [2.45, 2.75) is 51.4 Å². The number of esters is 1. The SMILES string of the molecule is COc1ccc(COC(=O)C([CH]C(=O)O)(CC(C)C)ON[C@@H](C=O)CCC(=O)O)cc1. The molecule has 0 saturated heterocycles. The molecular weight excluding hydrogens is 410 g/mol. The lowest BCUT2D eigenvalue weighted by molar-refractivity contribution is -0.187. The first-order chi connectivity index (χ1) is 14.6. The highest BCUT2D eigenvalue weighted by molar-refractivity contribution is 5.91. The molecule has 3 N–H and O–H groups in total. The van der Waals surface area contributed by atoms with E-state index in [-0.39, 0.29) is 31.8 Å². The van der Waals surface area contributed by atoms with Gasteiger partial charge in [0.05, 0.1) is 13.2 Å². The third-order valence-electron chi connectivity index (χ3n) is 4.17. The highest BCUT2D eigenvalue weighted by atomic mass is 16.7. The number of nitrogens with one attached hydrogen (secondary N) is 1. The molecule has 0 spiro atoms. The molecule has 0 fully saturated rings. The van der Waals surface area contributed by atoms with E-state index in [4.69, 9.17) is 19.4 Å². The van der Waals surface area contributed by atoms with E-state index >= 15 is 0 Å². The first-order valence-electron chi connectivity index (χ1n) is 9.61. The lowest BCUT2D eigenvalue weighted by atomic mass is 9.89. The van der Waals surface area contributed by atoms with Gasteiger partial charge in [0.1, 0.15) is 25.1 Å². The van der Waals surface area contributed by atoms with Crippen molar-refractivity contribution in [3.05, 3.63) is 36.2 Å². The van der Waals surface area contributed by atoms with Gasteiger partial charge in [-0.3, -0.25) is 14.4 Å². The number of aldehydes is 1. The summed E-state index contributed by atoms with van der Waals surface area (Å²) in [5, 5.41) is 18.1. The van der Waals surface area contributed by atoms with Gasteiger partial charge in [0.15, 0.2) is 0 Å². The Bertz CT molecular complexity index is 748. The molecule has 1 rings (SSSR count). The predicted octanol–water partition coefficient (Wildman–Crippen LogP) is 1.77. The Morgan fingerprint density at radius 1 is 1.16 bits per heavy atom. The quantitative estimate of drug-likeness (QED) is 0.210. The van der Waals surface area contributed by atoms with Crippen molar-refractivity contribution in [1.82, 2.24) is 5.48 Å². The monoisotopic (exact) mass is 438 g/mol. The Kier molecular flexibility index (Phi) is 10.6. The molecule has 1 aromatic carbocycles. The molecule has 1 unspecified atom stereocenters. The number of hydroxylamine groups is 1. The number of benzene rings is 1. The second kappa shape index (κ2) is 12.7. The van der Waals surface area contributed by atoms with Crippen LogP contribution in [0, 0.1) is 12.3 Å². The maximum atomic E-state index is 12.9.